The summed E-state index contributed by atoms with van der Waals surface area (Å²) in [4.78, 5) is 12.0. The molecule has 1 saturated heterocycles. The highest BCUT2D eigenvalue weighted by molar-refractivity contribution is 5.81. The molecule has 0 saturated carbocycles. The summed E-state index contributed by atoms with van der Waals surface area (Å²) in [5.74, 6) is 0.609. The van der Waals surface area contributed by atoms with E-state index in [0.29, 0.717) is 12.3 Å². The molecule has 2 unspecified atom stereocenters. The second-order valence-electron chi connectivity index (χ2n) is 6.27. The van der Waals surface area contributed by atoms with Gasteiger partial charge < -0.3 is 5.32 Å². The maximum Gasteiger partial charge on any atom is 0.224 e. The first-order chi connectivity index (χ1) is 9.66. The number of unbranched alkanes of at least 4 members (excludes halogenated alkanes) is 1. The van der Waals surface area contributed by atoms with Crippen molar-refractivity contribution in [3.8, 4) is 0 Å². The molecule has 1 fully saturated rings. The Morgan fingerprint density at radius 3 is 2.95 bits per heavy atom. The Labute approximate surface area is 121 Å². The number of allylic oxidation sites excluding steroid dienone is 2. The van der Waals surface area contributed by atoms with Gasteiger partial charge in [-0.2, -0.15) is 0 Å². The van der Waals surface area contributed by atoms with E-state index in [2.05, 4.69) is 49.5 Å². The van der Waals surface area contributed by atoms with Crippen LogP contribution >= 0.6 is 0 Å². The Kier molecular flexibility index (Phi) is 3.41. The number of hydrogen-bond donors (Lipinski definition) is 1. The van der Waals surface area contributed by atoms with E-state index < -0.39 is 0 Å². The summed E-state index contributed by atoms with van der Waals surface area (Å²) in [7, 11) is 0. The maximum absolute atomic E-state index is 12.0. The van der Waals surface area contributed by atoms with E-state index >= 15 is 0 Å². The van der Waals surface area contributed by atoms with Gasteiger partial charge in [-0.05, 0) is 36.8 Å². The number of benzene rings is 1. The fraction of sp³-hybridized carbons (Fsp3) is 0.500. The van der Waals surface area contributed by atoms with E-state index in [4.69, 9.17) is 0 Å². The minimum atomic E-state index is -0.0159. The summed E-state index contributed by atoms with van der Waals surface area (Å²) < 4.78 is 0. The van der Waals surface area contributed by atoms with Gasteiger partial charge in [0.25, 0.3) is 0 Å². The van der Waals surface area contributed by atoms with Crippen molar-refractivity contribution in [2.45, 2.75) is 51.4 Å². The molecule has 2 heteroatoms. The molecule has 0 bridgehead atoms. The van der Waals surface area contributed by atoms with Crippen LogP contribution in [0.4, 0.5) is 0 Å². The van der Waals surface area contributed by atoms with Crippen molar-refractivity contribution < 1.29 is 4.79 Å². The zero-order chi connectivity index (χ0) is 14.2. The first kappa shape index (κ1) is 13.4. The number of fused-ring (bicyclic) bond motifs is 3. The monoisotopic (exact) mass is 269 g/mol. The quantitative estimate of drug-likeness (QED) is 0.890. The third kappa shape index (κ3) is 1.98. The van der Waals surface area contributed by atoms with Crippen LogP contribution < -0.4 is 5.32 Å². The van der Waals surface area contributed by atoms with Gasteiger partial charge in [0.05, 0.1) is 0 Å². The van der Waals surface area contributed by atoms with Crippen LogP contribution in [0.15, 0.2) is 36.0 Å². The van der Waals surface area contributed by atoms with Gasteiger partial charge in [-0.15, -0.1) is 0 Å². The second kappa shape index (κ2) is 5.08. The van der Waals surface area contributed by atoms with Crippen molar-refractivity contribution in [3.63, 3.8) is 0 Å². The molecule has 20 heavy (non-hydrogen) atoms. The Hall–Kier alpha value is -1.57. The first-order valence-electron chi connectivity index (χ1n) is 7.75. The summed E-state index contributed by atoms with van der Waals surface area (Å²) in [6.07, 6.45) is 7.33. The molecule has 1 aliphatic carbocycles. The average Bonchev–Trinajstić information content (AvgIpc) is 2.46. The predicted molar refractivity (Wildman–Crippen MR) is 81.4 cm³/mol. The molecule has 2 nitrogen and oxygen atoms in total. The summed E-state index contributed by atoms with van der Waals surface area (Å²) in [5, 5.41) is 3.13. The maximum atomic E-state index is 12.0. The van der Waals surface area contributed by atoms with Crippen molar-refractivity contribution >= 4 is 5.91 Å². The van der Waals surface area contributed by atoms with Gasteiger partial charge in [0.15, 0.2) is 0 Å². The lowest BCUT2D eigenvalue weighted by molar-refractivity contribution is -0.123. The number of rotatable bonds is 3. The van der Waals surface area contributed by atoms with Crippen molar-refractivity contribution in [2.75, 3.05) is 0 Å². The number of piperidine rings is 1. The molecule has 2 atom stereocenters. The largest absolute Gasteiger partial charge is 0.329 e. The van der Waals surface area contributed by atoms with Crippen LogP contribution in [0.5, 0.6) is 0 Å². The lowest BCUT2D eigenvalue weighted by atomic mass is 9.61. The van der Waals surface area contributed by atoms with E-state index in [9.17, 15) is 4.79 Å². The summed E-state index contributed by atoms with van der Waals surface area (Å²) in [5.41, 5.74) is 3.95. The van der Waals surface area contributed by atoms with E-state index in [1.165, 1.54) is 24.0 Å². The number of nitrogens with one attached hydrogen (secondary N) is 1. The Morgan fingerprint density at radius 1 is 1.35 bits per heavy atom. The van der Waals surface area contributed by atoms with Gasteiger partial charge in [0.1, 0.15) is 0 Å². The average molecular weight is 269 g/mol. The zero-order valence-electron chi connectivity index (χ0n) is 12.4. The van der Waals surface area contributed by atoms with Gasteiger partial charge in [-0.3, -0.25) is 4.79 Å². The smallest absolute Gasteiger partial charge is 0.224 e. The van der Waals surface area contributed by atoms with Crippen molar-refractivity contribution in [1.29, 1.82) is 0 Å². The Balaban J connectivity index is 2.05. The van der Waals surface area contributed by atoms with Crippen molar-refractivity contribution in [3.05, 3.63) is 47.2 Å². The predicted octanol–water partition coefficient (Wildman–Crippen LogP) is 3.71. The lowest BCUT2D eigenvalue weighted by Crippen LogP contribution is -2.50. The van der Waals surface area contributed by atoms with Crippen LogP contribution in [0.1, 0.15) is 50.7 Å². The van der Waals surface area contributed by atoms with Gasteiger partial charge >= 0.3 is 0 Å². The van der Waals surface area contributed by atoms with E-state index in [1.807, 2.05) is 0 Å². The highest BCUT2D eigenvalue weighted by Crippen LogP contribution is 2.48. The Bertz CT molecular complexity index is 560. The standard InChI is InChI=1S/C18H23NO/c1-3-4-8-14-12-17(20)19-16-11-10-13-7-5-6-9-15(13)18(14,16)2/h5-7,9,11,14H,3-4,8,10,12H2,1-2H3,(H,19,20). The molecule has 1 amide bonds. The van der Waals surface area contributed by atoms with Gasteiger partial charge in [0, 0.05) is 17.5 Å². The SMILES string of the molecule is CCCCC1CC(=O)NC2=CCc3ccccc3C21C. The minimum absolute atomic E-state index is 0.0159. The van der Waals surface area contributed by atoms with Crippen LogP contribution in [-0.2, 0) is 16.6 Å². The van der Waals surface area contributed by atoms with E-state index in [-0.39, 0.29) is 11.3 Å². The summed E-state index contributed by atoms with van der Waals surface area (Å²) in [6.45, 7) is 4.54. The normalized spacial score (nSPS) is 28.2. The molecule has 2 aliphatic rings. The topological polar surface area (TPSA) is 29.1 Å². The molecular weight excluding hydrogens is 246 g/mol. The van der Waals surface area contributed by atoms with Crippen molar-refractivity contribution in [2.24, 2.45) is 5.92 Å². The highest BCUT2D eigenvalue weighted by Gasteiger charge is 2.46. The molecule has 0 aromatic heterocycles. The number of carbonyl (C=O) groups excluding carboxylic acids is 1. The number of hydrogen-bond acceptors (Lipinski definition) is 1. The fourth-order valence-corrected chi connectivity index (χ4v) is 3.87. The third-order valence-corrected chi connectivity index (χ3v) is 5.09. The van der Waals surface area contributed by atoms with Crippen LogP contribution in [0.3, 0.4) is 0 Å². The molecule has 1 aliphatic heterocycles. The summed E-state index contributed by atoms with van der Waals surface area (Å²) in [6, 6.07) is 8.71. The Morgan fingerprint density at radius 2 is 2.15 bits per heavy atom. The van der Waals surface area contributed by atoms with Gasteiger partial charge in [0.2, 0.25) is 5.91 Å². The number of amides is 1. The molecule has 1 aromatic rings. The van der Waals surface area contributed by atoms with Gasteiger partial charge in [-0.25, -0.2) is 0 Å². The molecule has 0 spiro atoms. The zero-order valence-corrected chi connectivity index (χ0v) is 12.4. The van der Waals surface area contributed by atoms with Crippen LogP contribution in [0.25, 0.3) is 0 Å². The minimum Gasteiger partial charge on any atom is -0.329 e. The lowest BCUT2D eigenvalue weighted by Gasteiger charge is -2.46. The van der Waals surface area contributed by atoms with E-state index in [0.717, 1.165) is 18.5 Å². The second-order valence-corrected chi connectivity index (χ2v) is 6.27. The first-order valence-corrected chi connectivity index (χ1v) is 7.75. The number of carbonyl (C=O) groups is 1. The molecule has 3 rings (SSSR count). The van der Waals surface area contributed by atoms with Crippen LogP contribution in [-0.4, -0.2) is 5.91 Å². The molecular formula is C18H23NO. The molecule has 1 N–H and O–H groups in total. The molecule has 106 valence electrons. The van der Waals surface area contributed by atoms with E-state index in [1.54, 1.807) is 0 Å². The highest BCUT2D eigenvalue weighted by atomic mass is 16.1. The van der Waals surface area contributed by atoms with Gasteiger partial charge in [-0.1, -0.05) is 50.1 Å². The van der Waals surface area contributed by atoms with Crippen LogP contribution in [0, 0.1) is 5.92 Å². The molecule has 1 aromatic carbocycles. The van der Waals surface area contributed by atoms with Crippen LogP contribution in [0.2, 0.25) is 0 Å². The third-order valence-electron chi connectivity index (χ3n) is 5.09. The molecule has 0 radical (unpaired) electrons. The molecule has 1 heterocycles. The van der Waals surface area contributed by atoms with Crippen molar-refractivity contribution in [1.82, 2.24) is 5.32 Å². The fourth-order valence-electron chi connectivity index (χ4n) is 3.87. The summed E-state index contributed by atoms with van der Waals surface area (Å²) >= 11 is 0.